The van der Waals surface area contributed by atoms with Crippen LogP contribution in [0.2, 0.25) is 5.02 Å². The minimum atomic E-state index is 0.764. The Morgan fingerprint density at radius 3 is 1.83 bits per heavy atom. The first kappa shape index (κ1) is 13.0. The summed E-state index contributed by atoms with van der Waals surface area (Å²) in [4.78, 5) is 0. The molecule has 0 saturated carbocycles. The molecule has 2 N–H and O–H groups in total. The predicted molar refractivity (Wildman–Crippen MR) is 80.1 cm³/mol. The fourth-order valence-corrected chi connectivity index (χ4v) is 2.30. The van der Waals surface area contributed by atoms with E-state index in [4.69, 9.17) is 17.3 Å². The number of nitrogen functional groups attached to an aromatic ring is 1. The Bertz CT molecular complexity index is 519. The van der Waals surface area contributed by atoms with E-state index in [1.54, 1.807) is 0 Å². The van der Waals surface area contributed by atoms with Gasteiger partial charge in [-0.1, -0.05) is 37.6 Å². The summed E-state index contributed by atoms with van der Waals surface area (Å²) >= 11 is 5.92. The first-order chi connectivity index (χ1) is 8.65. The van der Waals surface area contributed by atoms with Crippen LogP contribution in [0.25, 0.3) is 11.1 Å². The molecule has 2 heteroatoms. The summed E-state index contributed by atoms with van der Waals surface area (Å²) in [5.41, 5.74) is 11.9. The minimum absolute atomic E-state index is 0.764. The molecule has 0 aliphatic carbocycles. The summed E-state index contributed by atoms with van der Waals surface area (Å²) in [5, 5.41) is 0.764. The third kappa shape index (κ3) is 2.51. The SMILES string of the molecule is CCc1cc(-c2ccc(Cl)cc2)cc(CC)c1N. The second kappa shape index (κ2) is 5.45. The van der Waals surface area contributed by atoms with Crippen LogP contribution in [-0.2, 0) is 12.8 Å². The lowest BCUT2D eigenvalue weighted by Crippen LogP contribution is -1.99. The lowest BCUT2D eigenvalue weighted by atomic mass is 9.96. The number of aryl methyl sites for hydroxylation is 2. The van der Waals surface area contributed by atoms with Crippen molar-refractivity contribution in [3.8, 4) is 11.1 Å². The molecule has 0 aromatic heterocycles. The zero-order chi connectivity index (χ0) is 13.1. The third-order valence-corrected chi connectivity index (χ3v) is 3.54. The molecule has 2 aromatic rings. The Hall–Kier alpha value is -1.47. The van der Waals surface area contributed by atoms with E-state index in [-0.39, 0.29) is 0 Å². The molecule has 0 atom stereocenters. The van der Waals surface area contributed by atoms with Crippen LogP contribution < -0.4 is 5.73 Å². The van der Waals surface area contributed by atoms with Gasteiger partial charge < -0.3 is 5.73 Å². The van der Waals surface area contributed by atoms with Crippen molar-refractivity contribution < 1.29 is 0 Å². The Labute approximate surface area is 114 Å². The van der Waals surface area contributed by atoms with Crippen LogP contribution in [0.5, 0.6) is 0 Å². The summed E-state index contributed by atoms with van der Waals surface area (Å²) in [6, 6.07) is 12.3. The van der Waals surface area contributed by atoms with Crippen LogP contribution >= 0.6 is 11.6 Å². The van der Waals surface area contributed by atoms with E-state index >= 15 is 0 Å². The summed E-state index contributed by atoms with van der Waals surface area (Å²) in [7, 11) is 0. The van der Waals surface area contributed by atoms with Crippen LogP contribution in [0, 0.1) is 0 Å². The standard InChI is InChI=1S/C16H18ClN/c1-3-11-9-14(10-12(4-2)16(11)18)13-5-7-15(17)8-6-13/h5-10H,3-4,18H2,1-2H3. The first-order valence-electron chi connectivity index (χ1n) is 6.33. The summed E-state index contributed by atoms with van der Waals surface area (Å²) < 4.78 is 0. The van der Waals surface area contributed by atoms with Gasteiger partial charge in [0.05, 0.1) is 0 Å². The fourth-order valence-electron chi connectivity index (χ4n) is 2.17. The molecule has 0 aliphatic rings. The summed E-state index contributed by atoms with van der Waals surface area (Å²) in [6.45, 7) is 4.27. The van der Waals surface area contributed by atoms with E-state index < -0.39 is 0 Å². The maximum Gasteiger partial charge on any atom is 0.0406 e. The maximum absolute atomic E-state index is 6.15. The molecule has 0 saturated heterocycles. The normalized spacial score (nSPS) is 10.6. The second-order valence-electron chi connectivity index (χ2n) is 4.42. The number of hydrogen-bond donors (Lipinski definition) is 1. The smallest absolute Gasteiger partial charge is 0.0406 e. The average molecular weight is 260 g/mol. The third-order valence-electron chi connectivity index (χ3n) is 3.29. The van der Waals surface area contributed by atoms with Crippen molar-refractivity contribution in [1.29, 1.82) is 0 Å². The van der Waals surface area contributed by atoms with Gasteiger partial charge in [0.25, 0.3) is 0 Å². The average Bonchev–Trinajstić information content (AvgIpc) is 2.40. The predicted octanol–water partition coefficient (Wildman–Crippen LogP) is 4.71. The molecule has 1 nitrogen and oxygen atoms in total. The largest absolute Gasteiger partial charge is 0.398 e. The first-order valence-corrected chi connectivity index (χ1v) is 6.70. The monoisotopic (exact) mass is 259 g/mol. The van der Waals surface area contributed by atoms with Gasteiger partial charge in [-0.2, -0.15) is 0 Å². The Kier molecular flexibility index (Phi) is 3.93. The van der Waals surface area contributed by atoms with Crippen molar-refractivity contribution in [3.63, 3.8) is 0 Å². The van der Waals surface area contributed by atoms with Crippen LogP contribution in [0.4, 0.5) is 5.69 Å². The van der Waals surface area contributed by atoms with E-state index in [0.717, 1.165) is 23.6 Å². The lowest BCUT2D eigenvalue weighted by molar-refractivity contribution is 1.10. The molecule has 0 radical (unpaired) electrons. The molecule has 2 aromatic carbocycles. The van der Waals surface area contributed by atoms with Gasteiger partial charge in [0.1, 0.15) is 0 Å². The minimum Gasteiger partial charge on any atom is -0.398 e. The van der Waals surface area contributed by atoms with Crippen molar-refractivity contribution in [2.45, 2.75) is 26.7 Å². The summed E-state index contributed by atoms with van der Waals surface area (Å²) in [6.07, 6.45) is 1.92. The highest BCUT2D eigenvalue weighted by Gasteiger charge is 2.07. The van der Waals surface area contributed by atoms with E-state index in [9.17, 15) is 0 Å². The maximum atomic E-state index is 6.15. The van der Waals surface area contributed by atoms with Crippen molar-refractivity contribution in [2.24, 2.45) is 0 Å². The van der Waals surface area contributed by atoms with Gasteiger partial charge in [0.2, 0.25) is 0 Å². The van der Waals surface area contributed by atoms with Crippen LogP contribution in [-0.4, -0.2) is 0 Å². The topological polar surface area (TPSA) is 26.0 Å². The van der Waals surface area contributed by atoms with E-state index in [1.165, 1.54) is 22.3 Å². The number of hydrogen-bond acceptors (Lipinski definition) is 1. The van der Waals surface area contributed by atoms with Gasteiger partial charge in [0.15, 0.2) is 0 Å². The fraction of sp³-hybridized carbons (Fsp3) is 0.250. The number of anilines is 1. The van der Waals surface area contributed by atoms with Crippen molar-refractivity contribution in [1.82, 2.24) is 0 Å². The molecular formula is C16H18ClN. The number of benzene rings is 2. The quantitative estimate of drug-likeness (QED) is 0.794. The molecular weight excluding hydrogens is 242 g/mol. The molecule has 0 fully saturated rings. The molecule has 0 bridgehead atoms. The van der Waals surface area contributed by atoms with Crippen molar-refractivity contribution in [2.75, 3.05) is 5.73 Å². The van der Waals surface area contributed by atoms with Gasteiger partial charge in [-0.15, -0.1) is 0 Å². The molecule has 0 amide bonds. The van der Waals surface area contributed by atoms with Gasteiger partial charge in [-0.25, -0.2) is 0 Å². The summed E-state index contributed by atoms with van der Waals surface area (Å²) in [5.74, 6) is 0. The highest BCUT2D eigenvalue weighted by Crippen LogP contribution is 2.29. The van der Waals surface area contributed by atoms with Crippen LogP contribution in [0.15, 0.2) is 36.4 Å². The Morgan fingerprint density at radius 2 is 1.39 bits per heavy atom. The molecule has 0 heterocycles. The Morgan fingerprint density at radius 1 is 0.889 bits per heavy atom. The Balaban J connectivity index is 2.54. The van der Waals surface area contributed by atoms with Gasteiger partial charge in [0, 0.05) is 10.7 Å². The van der Waals surface area contributed by atoms with Crippen LogP contribution in [0.1, 0.15) is 25.0 Å². The lowest BCUT2D eigenvalue weighted by Gasteiger charge is -2.12. The highest BCUT2D eigenvalue weighted by atomic mass is 35.5. The van der Waals surface area contributed by atoms with Crippen LogP contribution in [0.3, 0.4) is 0 Å². The molecule has 2 rings (SSSR count). The second-order valence-corrected chi connectivity index (χ2v) is 4.86. The van der Waals surface area contributed by atoms with Crippen molar-refractivity contribution >= 4 is 17.3 Å². The molecule has 94 valence electrons. The zero-order valence-corrected chi connectivity index (χ0v) is 11.6. The number of halogens is 1. The van der Waals surface area contributed by atoms with Gasteiger partial charge >= 0.3 is 0 Å². The highest BCUT2D eigenvalue weighted by molar-refractivity contribution is 6.30. The number of rotatable bonds is 3. The van der Waals surface area contributed by atoms with E-state index in [1.807, 2.05) is 24.3 Å². The van der Waals surface area contributed by atoms with Crippen molar-refractivity contribution in [3.05, 3.63) is 52.5 Å². The number of nitrogens with two attached hydrogens (primary N) is 1. The van der Waals surface area contributed by atoms with Gasteiger partial charge in [-0.05, 0) is 59.4 Å². The molecule has 0 spiro atoms. The molecule has 0 aliphatic heterocycles. The van der Waals surface area contributed by atoms with Gasteiger partial charge in [-0.3, -0.25) is 0 Å². The zero-order valence-electron chi connectivity index (χ0n) is 10.8. The van der Waals surface area contributed by atoms with E-state index in [2.05, 4.69) is 26.0 Å². The molecule has 18 heavy (non-hydrogen) atoms. The molecule has 0 unspecified atom stereocenters. The van der Waals surface area contributed by atoms with E-state index in [0.29, 0.717) is 0 Å².